The van der Waals surface area contributed by atoms with Gasteiger partial charge in [0.15, 0.2) is 0 Å². The number of β-lactam (4-membered cyclic amide) rings is 1. The van der Waals surface area contributed by atoms with Crippen LogP contribution in [0.2, 0.25) is 0 Å². The van der Waals surface area contributed by atoms with Gasteiger partial charge < -0.3 is 25.3 Å². The zero-order valence-electron chi connectivity index (χ0n) is 16.6. The molecule has 30 heavy (non-hydrogen) atoms. The van der Waals surface area contributed by atoms with Crippen LogP contribution in [0.25, 0.3) is 0 Å². The quantitative estimate of drug-likeness (QED) is 0.454. The Morgan fingerprint density at radius 3 is 2.73 bits per heavy atom. The highest BCUT2D eigenvalue weighted by Gasteiger charge is 2.77. The smallest absolute Gasteiger partial charge is 0.290 e. The molecule has 0 aliphatic carbocycles. The summed E-state index contributed by atoms with van der Waals surface area (Å²) in [6.45, 7) is 4.55. The van der Waals surface area contributed by atoms with Gasteiger partial charge in [0.05, 0.1) is 13.1 Å². The number of carbonyl (C=O) groups excluding carboxylic acids is 3. The van der Waals surface area contributed by atoms with Crippen LogP contribution >= 0.6 is 0 Å². The lowest BCUT2D eigenvalue weighted by Gasteiger charge is -2.54. The third kappa shape index (κ3) is 3.02. The summed E-state index contributed by atoms with van der Waals surface area (Å²) in [5, 5.41) is 22.2. The molecule has 10 heteroatoms. The third-order valence-corrected chi connectivity index (χ3v) is 5.90. The van der Waals surface area contributed by atoms with Crippen LogP contribution in [-0.4, -0.2) is 81.0 Å². The van der Waals surface area contributed by atoms with Gasteiger partial charge in [0.2, 0.25) is 5.91 Å². The molecule has 0 saturated carbocycles. The fourth-order valence-electron chi connectivity index (χ4n) is 4.04. The number of aliphatic hydroxyl groups excluding tert-OH is 1. The molecule has 0 radical (unpaired) electrons. The van der Waals surface area contributed by atoms with Crippen molar-refractivity contribution in [2.45, 2.75) is 37.5 Å². The molecule has 2 aliphatic heterocycles. The number of likely N-dealkylation sites (tertiary alicyclic amines) is 2. The van der Waals surface area contributed by atoms with Crippen LogP contribution in [0.5, 0.6) is 5.75 Å². The standard InChI is InChI=1S/C20H23F2N3O5/c1-4-8-25-18(30)15-19(25,3)20(21,22)10-24(15)17(29)14(27)9-23-16(28)12-6-5-7-13(26)11(12)2/h4-7,14-15,26-27H,1,8-10H2,2-3H3,(H,23,28)/t14-,15+,19?/m0/s1. The van der Waals surface area contributed by atoms with E-state index in [4.69, 9.17) is 0 Å². The van der Waals surface area contributed by atoms with Gasteiger partial charge in [0.1, 0.15) is 23.4 Å². The minimum atomic E-state index is -3.37. The maximum absolute atomic E-state index is 14.7. The molecule has 0 bridgehead atoms. The summed E-state index contributed by atoms with van der Waals surface area (Å²) in [7, 11) is 0. The fourth-order valence-corrected chi connectivity index (χ4v) is 4.04. The zero-order chi connectivity index (χ0) is 22.4. The number of amides is 3. The first-order valence-electron chi connectivity index (χ1n) is 9.33. The molecule has 0 aromatic heterocycles. The van der Waals surface area contributed by atoms with Crippen molar-refractivity contribution in [3.8, 4) is 5.75 Å². The predicted molar refractivity (Wildman–Crippen MR) is 102 cm³/mol. The topological polar surface area (TPSA) is 110 Å². The Labute approximate surface area is 171 Å². The maximum Gasteiger partial charge on any atom is 0.290 e. The van der Waals surface area contributed by atoms with Gasteiger partial charge >= 0.3 is 0 Å². The average Bonchev–Trinajstić information content (AvgIpc) is 2.89. The van der Waals surface area contributed by atoms with E-state index in [1.54, 1.807) is 0 Å². The van der Waals surface area contributed by atoms with Gasteiger partial charge in [-0.05, 0) is 26.0 Å². The monoisotopic (exact) mass is 423 g/mol. The van der Waals surface area contributed by atoms with Crippen molar-refractivity contribution in [3.05, 3.63) is 42.0 Å². The molecule has 3 N–H and O–H groups in total. The van der Waals surface area contributed by atoms with Crippen molar-refractivity contribution in [2.75, 3.05) is 19.6 Å². The van der Waals surface area contributed by atoms with Crippen LogP contribution in [-0.2, 0) is 9.59 Å². The molecule has 2 fully saturated rings. The normalized spacial score (nSPS) is 25.4. The Bertz CT molecular complexity index is 922. The number of rotatable bonds is 6. The van der Waals surface area contributed by atoms with Crippen LogP contribution in [0.4, 0.5) is 8.78 Å². The molecule has 2 heterocycles. The number of alkyl halides is 2. The highest BCUT2D eigenvalue weighted by atomic mass is 19.3. The Kier molecular flexibility index (Phi) is 5.32. The van der Waals surface area contributed by atoms with Crippen molar-refractivity contribution in [2.24, 2.45) is 0 Å². The number of hydrogen-bond donors (Lipinski definition) is 3. The summed E-state index contributed by atoms with van der Waals surface area (Å²) in [5.41, 5.74) is -1.42. The molecule has 1 aromatic rings. The van der Waals surface area contributed by atoms with Crippen LogP contribution in [0, 0.1) is 6.92 Å². The van der Waals surface area contributed by atoms with E-state index in [-0.39, 0.29) is 17.9 Å². The first-order chi connectivity index (χ1) is 14.0. The van der Waals surface area contributed by atoms with Gasteiger partial charge in [-0.1, -0.05) is 12.1 Å². The summed E-state index contributed by atoms with van der Waals surface area (Å²) in [6.07, 6.45) is -0.487. The molecular formula is C20H23F2N3O5. The van der Waals surface area contributed by atoms with Crippen molar-refractivity contribution in [1.29, 1.82) is 0 Å². The molecular weight excluding hydrogens is 400 g/mol. The predicted octanol–water partition coefficient (Wildman–Crippen LogP) is 0.424. The summed E-state index contributed by atoms with van der Waals surface area (Å²) in [6, 6.07) is 2.93. The molecule has 1 aromatic carbocycles. The number of hydrogen-bond acceptors (Lipinski definition) is 5. The van der Waals surface area contributed by atoms with Crippen molar-refractivity contribution >= 4 is 17.7 Å². The molecule has 2 saturated heterocycles. The van der Waals surface area contributed by atoms with Gasteiger partial charge in [-0.15, -0.1) is 6.58 Å². The van der Waals surface area contributed by atoms with Crippen molar-refractivity contribution in [1.82, 2.24) is 15.1 Å². The van der Waals surface area contributed by atoms with Crippen LogP contribution < -0.4 is 5.32 Å². The number of nitrogens with zero attached hydrogens (tertiary/aromatic N) is 2. The van der Waals surface area contributed by atoms with Gasteiger partial charge in [0.25, 0.3) is 17.7 Å². The number of phenols is 1. The van der Waals surface area contributed by atoms with E-state index in [1.807, 2.05) is 0 Å². The first kappa shape index (κ1) is 21.7. The van der Waals surface area contributed by atoms with Gasteiger partial charge in [-0.25, -0.2) is 8.78 Å². The van der Waals surface area contributed by atoms with Crippen LogP contribution in [0.15, 0.2) is 30.9 Å². The zero-order valence-corrected chi connectivity index (χ0v) is 16.6. The van der Waals surface area contributed by atoms with Gasteiger partial charge in [-0.2, -0.15) is 0 Å². The average molecular weight is 423 g/mol. The lowest BCUT2D eigenvalue weighted by molar-refractivity contribution is -0.188. The summed E-state index contributed by atoms with van der Waals surface area (Å²) < 4.78 is 29.3. The molecule has 0 spiro atoms. The fraction of sp³-hybridized carbons (Fsp3) is 0.450. The van der Waals surface area contributed by atoms with Gasteiger partial charge in [0, 0.05) is 17.7 Å². The van der Waals surface area contributed by atoms with E-state index >= 15 is 0 Å². The number of carbonyl (C=O) groups is 3. The third-order valence-electron chi connectivity index (χ3n) is 5.90. The second-order valence-electron chi connectivity index (χ2n) is 7.63. The lowest BCUT2D eigenvalue weighted by atomic mass is 9.78. The largest absolute Gasteiger partial charge is 0.508 e. The summed E-state index contributed by atoms with van der Waals surface area (Å²) >= 11 is 0. The van der Waals surface area contributed by atoms with Crippen LogP contribution in [0.1, 0.15) is 22.8 Å². The second kappa shape index (κ2) is 7.35. The van der Waals surface area contributed by atoms with Gasteiger partial charge in [-0.3, -0.25) is 14.4 Å². The Balaban J connectivity index is 1.70. The highest BCUT2D eigenvalue weighted by molar-refractivity contribution is 5.99. The van der Waals surface area contributed by atoms with E-state index < -0.39 is 54.4 Å². The molecule has 3 amide bonds. The number of phenolic OH excluding ortho intramolecular Hbond substituents is 1. The van der Waals surface area contributed by atoms with E-state index in [0.29, 0.717) is 10.5 Å². The number of halogens is 2. The number of fused-ring (bicyclic) bond motifs is 1. The highest BCUT2D eigenvalue weighted by Crippen LogP contribution is 2.52. The lowest BCUT2D eigenvalue weighted by Crippen LogP contribution is -2.78. The Morgan fingerprint density at radius 2 is 2.10 bits per heavy atom. The minimum absolute atomic E-state index is 0.0780. The van der Waals surface area contributed by atoms with Crippen LogP contribution in [0.3, 0.4) is 0 Å². The van der Waals surface area contributed by atoms with E-state index in [0.717, 1.165) is 4.90 Å². The van der Waals surface area contributed by atoms with E-state index in [2.05, 4.69) is 11.9 Å². The van der Waals surface area contributed by atoms with E-state index in [1.165, 1.54) is 38.1 Å². The molecule has 3 rings (SSSR count). The van der Waals surface area contributed by atoms with Crippen molar-refractivity contribution < 1.29 is 33.4 Å². The summed E-state index contributed by atoms with van der Waals surface area (Å²) in [5.74, 6) is -5.82. The number of aliphatic hydroxyl groups is 1. The first-order valence-corrected chi connectivity index (χ1v) is 9.33. The van der Waals surface area contributed by atoms with Crippen molar-refractivity contribution in [3.63, 3.8) is 0 Å². The van der Waals surface area contributed by atoms with E-state index in [9.17, 15) is 33.4 Å². The molecule has 1 unspecified atom stereocenters. The maximum atomic E-state index is 14.7. The number of aromatic hydroxyl groups is 1. The molecule has 3 atom stereocenters. The number of nitrogens with one attached hydrogen (secondary N) is 1. The Morgan fingerprint density at radius 1 is 1.43 bits per heavy atom. The second-order valence-corrected chi connectivity index (χ2v) is 7.63. The molecule has 2 aliphatic rings. The Hall–Kier alpha value is -3.01. The summed E-state index contributed by atoms with van der Waals surface area (Å²) in [4.78, 5) is 38.9. The minimum Gasteiger partial charge on any atom is -0.508 e. The molecule has 162 valence electrons. The number of benzene rings is 1. The molecule has 8 nitrogen and oxygen atoms in total. The SMILES string of the molecule is C=CCN1C(=O)[C@H]2N(C(=O)[C@@H](O)CNC(=O)c3cccc(O)c3C)CC(F)(F)C21C.